The molecule has 114 valence electrons. The van der Waals surface area contributed by atoms with Crippen molar-refractivity contribution in [1.29, 1.82) is 0 Å². The second-order valence-electron chi connectivity index (χ2n) is 5.52. The summed E-state index contributed by atoms with van der Waals surface area (Å²) in [5, 5.41) is 11.8. The molecular formula is C13H19N5O3. The van der Waals surface area contributed by atoms with E-state index in [1.807, 2.05) is 6.92 Å². The molecule has 0 aromatic carbocycles. The van der Waals surface area contributed by atoms with E-state index in [0.29, 0.717) is 5.82 Å². The molecule has 0 unspecified atom stereocenters. The quantitative estimate of drug-likeness (QED) is 0.692. The Labute approximate surface area is 122 Å². The van der Waals surface area contributed by atoms with Crippen molar-refractivity contribution in [3.8, 4) is 0 Å². The molecule has 3 N–H and O–H groups in total. The summed E-state index contributed by atoms with van der Waals surface area (Å²) in [5.74, 6) is -0.503. The molecule has 2 rings (SSSR count). The lowest BCUT2D eigenvalue weighted by Gasteiger charge is -2.15. The van der Waals surface area contributed by atoms with Crippen LogP contribution in [-0.2, 0) is 16.0 Å². The number of urea groups is 1. The predicted octanol–water partition coefficient (Wildman–Crippen LogP) is 0.631. The van der Waals surface area contributed by atoms with Crippen molar-refractivity contribution in [3.05, 3.63) is 11.8 Å². The smallest absolute Gasteiger partial charge is 0.324 e. The van der Waals surface area contributed by atoms with Crippen molar-refractivity contribution in [2.45, 2.75) is 39.2 Å². The first-order chi connectivity index (χ1) is 9.83. The maximum absolute atomic E-state index is 12.0. The van der Waals surface area contributed by atoms with Gasteiger partial charge in [0.05, 0.1) is 0 Å². The number of aromatic amines is 1. The van der Waals surface area contributed by atoms with Crippen LogP contribution in [0, 0.1) is 0 Å². The average molecular weight is 293 g/mol. The number of nitrogens with one attached hydrogen (secondary N) is 3. The second-order valence-corrected chi connectivity index (χ2v) is 5.52. The molecule has 2 heterocycles. The van der Waals surface area contributed by atoms with Gasteiger partial charge in [-0.2, -0.15) is 5.10 Å². The van der Waals surface area contributed by atoms with Gasteiger partial charge in [-0.3, -0.25) is 19.6 Å². The third kappa shape index (κ3) is 3.21. The molecule has 8 nitrogen and oxygen atoms in total. The van der Waals surface area contributed by atoms with Crippen LogP contribution in [-0.4, -0.2) is 45.0 Å². The molecule has 0 bridgehead atoms. The molecule has 1 fully saturated rings. The summed E-state index contributed by atoms with van der Waals surface area (Å²) in [4.78, 5) is 36.4. The van der Waals surface area contributed by atoms with Crippen LogP contribution in [0.5, 0.6) is 0 Å². The summed E-state index contributed by atoms with van der Waals surface area (Å²) in [7, 11) is 0. The van der Waals surface area contributed by atoms with Crippen LogP contribution in [0.1, 0.15) is 32.9 Å². The van der Waals surface area contributed by atoms with Gasteiger partial charge < -0.3 is 10.6 Å². The van der Waals surface area contributed by atoms with Gasteiger partial charge >= 0.3 is 6.03 Å². The van der Waals surface area contributed by atoms with Gasteiger partial charge in [-0.25, -0.2) is 4.79 Å². The predicted molar refractivity (Wildman–Crippen MR) is 75.5 cm³/mol. The van der Waals surface area contributed by atoms with Crippen LogP contribution in [0.4, 0.5) is 10.6 Å². The van der Waals surface area contributed by atoms with Crippen LogP contribution >= 0.6 is 0 Å². The highest BCUT2D eigenvalue weighted by Gasteiger charge is 2.44. The first-order valence-electron chi connectivity index (χ1n) is 6.81. The molecule has 1 aromatic heterocycles. The molecular weight excluding hydrogens is 274 g/mol. The van der Waals surface area contributed by atoms with Crippen LogP contribution in [0.2, 0.25) is 0 Å². The SMILES string of the molecule is CCCc1cc(NC(=O)CN2C(=O)NC(C)(C)C2=O)n[nH]1. The molecule has 0 atom stereocenters. The number of hydrogen-bond acceptors (Lipinski definition) is 4. The molecule has 1 aliphatic rings. The minimum Gasteiger partial charge on any atom is -0.324 e. The third-order valence-corrected chi connectivity index (χ3v) is 3.16. The Morgan fingerprint density at radius 1 is 1.43 bits per heavy atom. The first kappa shape index (κ1) is 15.0. The number of H-pyrrole nitrogens is 1. The fourth-order valence-corrected chi connectivity index (χ4v) is 2.11. The minimum atomic E-state index is -0.974. The van der Waals surface area contributed by atoms with E-state index in [1.165, 1.54) is 0 Å². The van der Waals surface area contributed by atoms with Gasteiger partial charge in [0.25, 0.3) is 5.91 Å². The maximum Gasteiger partial charge on any atom is 0.325 e. The fourth-order valence-electron chi connectivity index (χ4n) is 2.11. The molecule has 1 aromatic rings. The molecule has 0 spiro atoms. The summed E-state index contributed by atoms with van der Waals surface area (Å²) < 4.78 is 0. The Kier molecular flexibility index (Phi) is 3.97. The van der Waals surface area contributed by atoms with E-state index < -0.39 is 23.4 Å². The number of nitrogens with zero attached hydrogens (tertiary/aromatic N) is 2. The molecule has 4 amide bonds. The molecule has 21 heavy (non-hydrogen) atoms. The normalized spacial score (nSPS) is 17.0. The number of amides is 4. The zero-order valence-corrected chi connectivity index (χ0v) is 12.3. The van der Waals surface area contributed by atoms with E-state index >= 15 is 0 Å². The molecule has 0 aliphatic carbocycles. The topological polar surface area (TPSA) is 107 Å². The molecule has 0 saturated carbocycles. The molecule has 1 saturated heterocycles. The Morgan fingerprint density at radius 3 is 2.71 bits per heavy atom. The highest BCUT2D eigenvalue weighted by molar-refractivity contribution is 6.09. The van der Waals surface area contributed by atoms with Crippen molar-refractivity contribution in [3.63, 3.8) is 0 Å². The number of aromatic nitrogens is 2. The average Bonchev–Trinajstić information content (AvgIpc) is 2.88. The zero-order valence-electron chi connectivity index (χ0n) is 12.3. The van der Waals surface area contributed by atoms with Gasteiger partial charge in [0.2, 0.25) is 5.91 Å². The number of carbonyl (C=O) groups is 3. The lowest BCUT2D eigenvalue weighted by Crippen LogP contribution is -2.41. The molecule has 1 aliphatic heterocycles. The number of hydrogen-bond donors (Lipinski definition) is 3. The van der Waals surface area contributed by atoms with E-state index in [-0.39, 0.29) is 6.54 Å². The number of aryl methyl sites for hydroxylation is 1. The number of rotatable bonds is 5. The summed E-state index contributed by atoms with van der Waals surface area (Å²) in [6.45, 7) is 4.90. The van der Waals surface area contributed by atoms with E-state index in [0.717, 1.165) is 23.4 Å². The van der Waals surface area contributed by atoms with E-state index in [4.69, 9.17) is 0 Å². The summed E-state index contributed by atoms with van der Waals surface area (Å²) >= 11 is 0. The Balaban J connectivity index is 1.95. The summed E-state index contributed by atoms with van der Waals surface area (Å²) in [6, 6.07) is 1.17. The van der Waals surface area contributed by atoms with Gasteiger partial charge in [0, 0.05) is 11.8 Å². The second kappa shape index (κ2) is 5.55. The zero-order chi connectivity index (χ0) is 15.6. The van der Waals surface area contributed by atoms with Crippen LogP contribution in [0.3, 0.4) is 0 Å². The van der Waals surface area contributed by atoms with Crippen LogP contribution < -0.4 is 10.6 Å². The van der Waals surface area contributed by atoms with Gasteiger partial charge in [0.15, 0.2) is 5.82 Å². The molecule has 8 heteroatoms. The highest BCUT2D eigenvalue weighted by Crippen LogP contribution is 2.16. The van der Waals surface area contributed by atoms with Crippen molar-refractivity contribution in [2.75, 3.05) is 11.9 Å². The largest absolute Gasteiger partial charge is 0.325 e. The van der Waals surface area contributed by atoms with Crippen molar-refractivity contribution in [2.24, 2.45) is 0 Å². The number of carbonyl (C=O) groups excluding carboxylic acids is 3. The number of anilines is 1. The molecule has 0 radical (unpaired) electrons. The lowest BCUT2D eigenvalue weighted by molar-refractivity contribution is -0.132. The van der Waals surface area contributed by atoms with E-state index in [9.17, 15) is 14.4 Å². The van der Waals surface area contributed by atoms with Crippen molar-refractivity contribution >= 4 is 23.7 Å². The standard InChI is InChI=1S/C13H19N5O3/c1-4-5-8-6-9(17-16-8)14-10(19)7-18-11(20)13(2,3)15-12(18)21/h6H,4-5,7H2,1-3H3,(H,15,21)(H2,14,16,17,19). The van der Waals surface area contributed by atoms with Crippen molar-refractivity contribution in [1.82, 2.24) is 20.4 Å². The first-order valence-corrected chi connectivity index (χ1v) is 6.81. The lowest BCUT2D eigenvalue weighted by atomic mass is 10.1. The monoisotopic (exact) mass is 293 g/mol. The van der Waals surface area contributed by atoms with Crippen LogP contribution in [0.15, 0.2) is 6.07 Å². The Hall–Kier alpha value is -2.38. The maximum atomic E-state index is 12.0. The van der Waals surface area contributed by atoms with Crippen LogP contribution in [0.25, 0.3) is 0 Å². The minimum absolute atomic E-state index is 0.329. The van der Waals surface area contributed by atoms with E-state index in [2.05, 4.69) is 20.8 Å². The van der Waals surface area contributed by atoms with E-state index in [1.54, 1.807) is 19.9 Å². The Morgan fingerprint density at radius 2 is 2.14 bits per heavy atom. The van der Waals surface area contributed by atoms with Gasteiger partial charge in [-0.05, 0) is 20.3 Å². The van der Waals surface area contributed by atoms with Gasteiger partial charge in [-0.1, -0.05) is 13.3 Å². The summed E-state index contributed by atoms with van der Waals surface area (Å²) in [6.07, 6.45) is 1.80. The summed E-state index contributed by atoms with van der Waals surface area (Å²) in [5.41, 5.74) is -0.0539. The highest BCUT2D eigenvalue weighted by atomic mass is 16.2. The van der Waals surface area contributed by atoms with Gasteiger partial charge in [0.1, 0.15) is 12.1 Å². The Bertz CT molecular complexity index is 578. The van der Waals surface area contributed by atoms with Gasteiger partial charge in [-0.15, -0.1) is 0 Å². The fraction of sp³-hybridized carbons (Fsp3) is 0.538. The van der Waals surface area contributed by atoms with Crippen molar-refractivity contribution < 1.29 is 14.4 Å². The number of imide groups is 1. The third-order valence-electron chi connectivity index (χ3n) is 3.16.